The summed E-state index contributed by atoms with van der Waals surface area (Å²) in [4.78, 5) is 38.9. The number of carboxylic acid groups (broad SMARTS) is 1. The van der Waals surface area contributed by atoms with E-state index in [9.17, 15) is 14.4 Å². The van der Waals surface area contributed by atoms with E-state index < -0.39 is 18.1 Å². The van der Waals surface area contributed by atoms with Crippen LogP contribution in [0.3, 0.4) is 0 Å². The van der Waals surface area contributed by atoms with E-state index in [0.717, 1.165) is 9.44 Å². The second kappa shape index (κ2) is 5.90. The molecule has 1 unspecified atom stereocenters. The Labute approximate surface area is 143 Å². The lowest BCUT2D eigenvalue weighted by Crippen LogP contribution is -2.58. The fraction of sp³-hybridized carbons (Fsp3) is 0.353. The summed E-state index contributed by atoms with van der Waals surface area (Å²) < 4.78 is 1.04. The zero-order chi connectivity index (χ0) is 17.5. The highest BCUT2D eigenvalue weighted by atomic mass is 32.1. The molecule has 1 N–H and O–H groups in total. The van der Waals surface area contributed by atoms with Gasteiger partial charge in [0.05, 0.1) is 6.04 Å². The van der Waals surface area contributed by atoms with Gasteiger partial charge in [-0.15, -0.1) is 11.3 Å². The molecule has 2 aromatic heterocycles. The van der Waals surface area contributed by atoms with Gasteiger partial charge >= 0.3 is 5.97 Å². The van der Waals surface area contributed by atoms with E-state index in [1.807, 2.05) is 17.5 Å². The molecule has 7 heteroatoms. The molecule has 0 radical (unpaired) electrons. The summed E-state index contributed by atoms with van der Waals surface area (Å²) in [6, 6.07) is 6.85. The molecule has 0 aliphatic carbocycles. The average molecular weight is 346 g/mol. The number of carboxylic acids is 1. The highest BCUT2D eigenvalue weighted by molar-refractivity contribution is 7.10. The molecule has 126 valence electrons. The minimum atomic E-state index is -1.12. The molecule has 0 bridgehead atoms. The molecule has 3 rings (SSSR count). The Morgan fingerprint density at radius 3 is 2.67 bits per heavy atom. The highest BCUT2D eigenvalue weighted by Gasteiger charge is 2.49. The molecule has 6 nitrogen and oxygen atoms in total. The minimum Gasteiger partial charge on any atom is -0.480 e. The summed E-state index contributed by atoms with van der Waals surface area (Å²) in [6.45, 7) is 4.28. The Morgan fingerprint density at radius 2 is 2.08 bits per heavy atom. The van der Waals surface area contributed by atoms with E-state index in [2.05, 4.69) is 13.8 Å². The number of aromatic nitrogens is 1. The quantitative estimate of drug-likeness (QED) is 0.920. The first-order valence-electron chi connectivity index (χ1n) is 7.57. The van der Waals surface area contributed by atoms with E-state index in [4.69, 9.17) is 5.11 Å². The number of amides is 1. The van der Waals surface area contributed by atoms with Crippen LogP contribution in [-0.4, -0.2) is 33.0 Å². The number of pyridine rings is 1. The summed E-state index contributed by atoms with van der Waals surface area (Å²) >= 11 is 1.59. The van der Waals surface area contributed by atoms with Crippen LogP contribution in [0.2, 0.25) is 0 Å². The van der Waals surface area contributed by atoms with Crippen LogP contribution in [0.4, 0.5) is 0 Å². The predicted octanol–water partition coefficient (Wildman–Crippen LogP) is 2.22. The first-order valence-corrected chi connectivity index (χ1v) is 8.45. The second-order valence-corrected chi connectivity index (χ2v) is 7.57. The van der Waals surface area contributed by atoms with Crippen LogP contribution in [0.25, 0.3) is 0 Å². The monoisotopic (exact) mass is 346 g/mol. The van der Waals surface area contributed by atoms with Gasteiger partial charge in [-0.1, -0.05) is 19.9 Å². The van der Waals surface area contributed by atoms with E-state index in [0.29, 0.717) is 6.54 Å². The molecule has 24 heavy (non-hydrogen) atoms. The van der Waals surface area contributed by atoms with Crippen LogP contribution in [0.15, 0.2) is 40.6 Å². The zero-order valence-corrected chi connectivity index (χ0v) is 14.2. The van der Waals surface area contributed by atoms with Gasteiger partial charge < -0.3 is 14.6 Å². The van der Waals surface area contributed by atoms with Crippen LogP contribution < -0.4 is 5.56 Å². The normalized spacial score (nSPS) is 18.9. The molecule has 2 aromatic rings. The van der Waals surface area contributed by atoms with E-state index in [-0.39, 0.29) is 22.9 Å². The molecule has 1 aliphatic heterocycles. The lowest BCUT2D eigenvalue weighted by atomic mass is 9.74. The first-order chi connectivity index (χ1) is 11.3. The fourth-order valence-corrected chi connectivity index (χ4v) is 4.27. The molecule has 0 aromatic carbocycles. The molecule has 1 amide bonds. The Balaban J connectivity index is 1.93. The average Bonchev–Trinajstić information content (AvgIpc) is 2.99. The number of nitrogens with zero attached hydrogens (tertiary/aromatic N) is 2. The van der Waals surface area contributed by atoms with Gasteiger partial charge in [-0.05, 0) is 23.6 Å². The molecule has 0 saturated carbocycles. The molecule has 0 spiro atoms. The molecule has 1 fully saturated rings. The van der Waals surface area contributed by atoms with Gasteiger partial charge in [-0.25, -0.2) is 0 Å². The molecule has 3 heterocycles. The van der Waals surface area contributed by atoms with Crippen molar-refractivity contribution in [1.29, 1.82) is 0 Å². The van der Waals surface area contributed by atoms with E-state index in [1.165, 1.54) is 18.3 Å². The Morgan fingerprint density at radius 1 is 1.33 bits per heavy atom. The van der Waals surface area contributed by atoms with Crippen molar-refractivity contribution >= 4 is 23.2 Å². The maximum atomic E-state index is 12.8. The lowest BCUT2D eigenvalue weighted by molar-refractivity contribution is -0.137. The number of hydrogen-bond donors (Lipinski definition) is 1. The topological polar surface area (TPSA) is 79.6 Å². The van der Waals surface area contributed by atoms with Gasteiger partial charge in [0, 0.05) is 23.0 Å². The van der Waals surface area contributed by atoms with Crippen LogP contribution in [0.5, 0.6) is 0 Å². The Bertz CT molecular complexity index is 839. The van der Waals surface area contributed by atoms with Crippen molar-refractivity contribution < 1.29 is 14.7 Å². The number of thiophene rings is 1. The van der Waals surface area contributed by atoms with Crippen LogP contribution in [-0.2, 0) is 11.3 Å². The third-order valence-electron chi connectivity index (χ3n) is 4.26. The van der Waals surface area contributed by atoms with Crippen molar-refractivity contribution in [2.24, 2.45) is 5.41 Å². The van der Waals surface area contributed by atoms with Gasteiger partial charge in [-0.3, -0.25) is 14.4 Å². The zero-order valence-electron chi connectivity index (χ0n) is 13.4. The first kappa shape index (κ1) is 16.4. The molecular formula is C17H18N2O4S. The van der Waals surface area contributed by atoms with Crippen molar-refractivity contribution in [3.63, 3.8) is 0 Å². The van der Waals surface area contributed by atoms with Gasteiger partial charge in [0.2, 0.25) is 0 Å². The van der Waals surface area contributed by atoms with Crippen LogP contribution in [0, 0.1) is 5.41 Å². The lowest BCUT2D eigenvalue weighted by Gasteiger charge is -2.53. The van der Waals surface area contributed by atoms with Gasteiger partial charge in [0.1, 0.15) is 12.1 Å². The maximum Gasteiger partial charge on any atom is 0.323 e. The van der Waals surface area contributed by atoms with Crippen molar-refractivity contribution in [2.45, 2.75) is 26.4 Å². The number of carbonyl (C=O) groups is 2. The largest absolute Gasteiger partial charge is 0.480 e. The Hall–Kier alpha value is -2.41. The number of carbonyl (C=O) groups excluding carboxylic acids is 1. The predicted molar refractivity (Wildman–Crippen MR) is 90.2 cm³/mol. The van der Waals surface area contributed by atoms with Crippen LogP contribution in [0.1, 0.15) is 35.1 Å². The number of aliphatic carboxylic acids is 1. The third kappa shape index (κ3) is 2.75. The summed E-state index contributed by atoms with van der Waals surface area (Å²) in [5, 5.41) is 10.8. The minimum absolute atomic E-state index is 0.0100. The summed E-state index contributed by atoms with van der Waals surface area (Å²) in [5.41, 5.74) is -0.620. The number of rotatable bonds is 4. The van der Waals surface area contributed by atoms with E-state index in [1.54, 1.807) is 16.2 Å². The smallest absolute Gasteiger partial charge is 0.323 e. The van der Waals surface area contributed by atoms with Gasteiger partial charge in [-0.2, -0.15) is 0 Å². The van der Waals surface area contributed by atoms with Crippen molar-refractivity contribution in [1.82, 2.24) is 9.47 Å². The van der Waals surface area contributed by atoms with Crippen molar-refractivity contribution in [3.8, 4) is 0 Å². The highest BCUT2D eigenvalue weighted by Crippen LogP contribution is 2.49. The SMILES string of the molecule is CC1(C)CN(C(=O)c2cccn(CC(=O)O)c2=O)C1c1cccs1. The molecule has 1 saturated heterocycles. The summed E-state index contributed by atoms with van der Waals surface area (Å²) in [7, 11) is 0. The maximum absolute atomic E-state index is 12.8. The van der Waals surface area contributed by atoms with Gasteiger partial charge in [0.25, 0.3) is 11.5 Å². The van der Waals surface area contributed by atoms with Crippen LogP contribution >= 0.6 is 11.3 Å². The molecular weight excluding hydrogens is 328 g/mol. The van der Waals surface area contributed by atoms with E-state index >= 15 is 0 Å². The number of hydrogen-bond acceptors (Lipinski definition) is 4. The summed E-state index contributed by atoms with van der Waals surface area (Å²) in [5.74, 6) is -1.47. The third-order valence-corrected chi connectivity index (χ3v) is 5.18. The summed E-state index contributed by atoms with van der Waals surface area (Å²) in [6.07, 6.45) is 1.38. The standard InChI is InChI=1S/C17H18N2O4S/c1-17(2)10-19(14(17)12-6-4-8-24-12)16(23)11-5-3-7-18(15(11)22)9-13(20)21/h3-8,14H,9-10H2,1-2H3,(H,20,21). The van der Waals surface area contributed by atoms with Gasteiger partial charge in [0.15, 0.2) is 0 Å². The second-order valence-electron chi connectivity index (χ2n) is 6.59. The van der Waals surface area contributed by atoms with Crippen molar-refractivity contribution in [2.75, 3.05) is 6.54 Å². The number of likely N-dealkylation sites (tertiary alicyclic amines) is 1. The van der Waals surface area contributed by atoms with Crippen molar-refractivity contribution in [3.05, 3.63) is 56.6 Å². The molecule has 1 atom stereocenters. The Kier molecular flexibility index (Phi) is 4.04. The molecule has 1 aliphatic rings. The fourth-order valence-electron chi connectivity index (χ4n) is 3.23.